The van der Waals surface area contributed by atoms with Crippen LogP contribution < -0.4 is 0 Å². The van der Waals surface area contributed by atoms with E-state index in [1.165, 1.54) is 96.3 Å². The minimum atomic E-state index is -4.88. The number of unbranched alkanes of at least 4 members (excludes halogenated alkanes) is 20. The van der Waals surface area contributed by atoms with E-state index in [4.69, 9.17) is 28.3 Å². The molecule has 0 spiro atoms. The molecule has 0 aliphatic carbocycles. The monoisotopic (exact) mass is 979 g/mol. The van der Waals surface area contributed by atoms with E-state index in [-0.39, 0.29) is 12.8 Å². The van der Waals surface area contributed by atoms with Gasteiger partial charge >= 0.3 is 27.6 Å². The topological polar surface area (TPSA) is 216 Å². The van der Waals surface area contributed by atoms with Gasteiger partial charge < -0.3 is 34.4 Å². The molecule has 0 aromatic rings. The van der Waals surface area contributed by atoms with E-state index in [1.807, 2.05) is 42.5 Å². The van der Waals surface area contributed by atoms with Crippen LogP contribution in [0, 0.1) is 5.92 Å². The molecule has 0 radical (unpaired) electrons. The normalized spacial score (nSPS) is 14.8. The van der Waals surface area contributed by atoms with Gasteiger partial charge in [0.1, 0.15) is 12.7 Å². The Kier molecular flexibility index (Phi) is 42.9. The summed E-state index contributed by atoms with van der Waals surface area (Å²) in [6.07, 6.45) is 42.9. The Bertz CT molecular complexity index is 1380. The molecule has 0 saturated heterocycles. The molecule has 1 unspecified atom stereocenters. The number of aliphatic hydroxyl groups excluding tert-OH is 2. The predicted octanol–water partition coefficient (Wildman–Crippen LogP) is 12.6. The standard InChI is InChI=1S/C50H92O14P2/c1-4-5-31-37-46(51)38-33-28-24-20-16-14-18-22-26-30-35-40-50(54)64-48(44-63-66(58,59)62-42-47(52)41-61-65(55,56)57)43-60-49(53)39-34-29-25-21-17-13-11-9-7-6-8-10-12-15-19-23-27-32-36-45(2)3/h14,16,22,24,26,28,33,38,45-48,51-52H,4-13,15,17-21,23,25,27,29-32,34-37,39-44H2,1-3H3,(H,58,59)(H2,55,56,57)/b16-14-,26-22-,28-24-,38-33+/t46-,47-,48+/m0/s1. The van der Waals surface area contributed by atoms with Gasteiger partial charge in [0.25, 0.3) is 0 Å². The summed E-state index contributed by atoms with van der Waals surface area (Å²) >= 11 is 0. The highest BCUT2D eigenvalue weighted by atomic mass is 31.2. The third kappa shape index (κ3) is 48.5. The van der Waals surface area contributed by atoms with Crippen LogP contribution in [-0.2, 0) is 41.8 Å². The summed E-state index contributed by atoms with van der Waals surface area (Å²) in [5.41, 5.74) is 0. The third-order valence-electron chi connectivity index (χ3n) is 10.7. The Labute approximate surface area is 399 Å². The van der Waals surface area contributed by atoms with Crippen LogP contribution in [0.1, 0.15) is 207 Å². The first-order chi connectivity index (χ1) is 31.6. The van der Waals surface area contributed by atoms with E-state index in [1.54, 1.807) is 6.08 Å². The van der Waals surface area contributed by atoms with E-state index < -0.39 is 72.3 Å². The molecule has 0 heterocycles. The number of ether oxygens (including phenoxy) is 2. The average molecular weight is 979 g/mol. The molecule has 0 aliphatic heterocycles. The molecule has 66 heavy (non-hydrogen) atoms. The van der Waals surface area contributed by atoms with E-state index >= 15 is 0 Å². The van der Waals surface area contributed by atoms with Gasteiger partial charge in [-0.15, -0.1) is 0 Å². The van der Waals surface area contributed by atoms with Crippen LogP contribution in [0.15, 0.2) is 48.6 Å². The van der Waals surface area contributed by atoms with Crippen molar-refractivity contribution in [2.45, 2.75) is 225 Å². The SMILES string of the molecule is CCCCC[C@H](O)/C=C/C=C\C/C=C\C/C=C\CCCC(=O)O[C@H](COC(=O)CCCCCCCCCCCCCCCCCCCCC(C)C)COP(=O)(O)OC[C@@H](O)COP(=O)(O)O. The van der Waals surface area contributed by atoms with Crippen LogP contribution in [-0.4, -0.2) is 81.6 Å². The molecular formula is C50H92O14P2. The minimum Gasteiger partial charge on any atom is -0.462 e. The highest BCUT2D eigenvalue weighted by Gasteiger charge is 2.28. The van der Waals surface area contributed by atoms with E-state index in [0.29, 0.717) is 19.3 Å². The van der Waals surface area contributed by atoms with Crippen molar-refractivity contribution in [3.8, 4) is 0 Å². The molecule has 0 rings (SSSR count). The molecule has 0 amide bonds. The second-order valence-electron chi connectivity index (χ2n) is 17.8. The van der Waals surface area contributed by atoms with Crippen molar-refractivity contribution in [2.24, 2.45) is 5.92 Å². The summed E-state index contributed by atoms with van der Waals surface area (Å²) in [5, 5.41) is 19.7. The van der Waals surface area contributed by atoms with Gasteiger partial charge in [-0.25, -0.2) is 9.13 Å². The van der Waals surface area contributed by atoms with Crippen molar-refractivity contribution in [1.82, 2.24) is 0 Å². The molecule has 14 nitrogen and oxygen atoms in total. The molecule has 0 aromatic carbocycles. The Hall–Kier alpha value is -1.96. The lowest BCUT2D eigenvalue weighted by molar-refractivity contribution is -0.161. The first kappa shape index (κ1) is 64.0. The molecule has 386 valence electrons. The fourth-order valence-corrected chi connectivity index (χ4v) is 8.03. The molecule has 0 aromatic heterocycles. The molecular weight excluding hydrogens is 886 g/mol. The lowest BCUT2D eigenvalue weighted by Crippen LogP contribution is -2.29. The zero-order valence-electron chi connectivity index (χ0n) is 41.1. The highest BCUT2D eigenvalue weighted by molar-refractivity contribution is 7.47. The van der Waals surface area contributed by atoms with Crippen molar-refractivity contribution in [2.75, 3.05) is 26.4 Å². The number of hydrogen-bond acceptors (Lipinski definition) is 11. The van der Waals surface area contributed by atoms with Crippen molar-refractivity contribution < 1.29 is 66.7 Å². The molecule has 4 atom stereocenters. The van der Waals surface area contributed by atoms with E-state index in [9.17, 15) is 33.8 Å². The molecule has 5 N–H and O–H groups in total. The van der Waals surface area contributed by atoms with Crippen molar-refractivity contribution in [1.29, 1.82) is 0 Å². The fraction of sp³-hybridized carbons (Fsp3) is 0.800. The molecule has 16 heteroatoms. The van der Waals surface area contributed by atoms with Gasteiger partial charge in [-0.3, -0.25) is 23.2 Å². The first-order valence-corrected chi connectivity index (χ1v) is 28.3. The zero-order chi connectivity index (χ0) is 49.0. The Morgan fingerprint density at radius 1 is 0.530 bits per heavy atom. The number of hydrogen-bond donors (Lipinski definition) is 5. The number of esters is 2. The predicted molar refractivity (Wildman–Crippen MR) is 264 cm³/mol. The maximum absolute atomic E-state index is 12.7. The van der Waals surface area contributed by atoms with Crippen molar-refractivity contribution >= 4 is 27.6 Å². The Morgan fingerprint density at radius 3 is 1.58 bits per heavy atom. The van der Waals surface area contributed by atoms with Crippen LogP contribution in [0.25, 0.3) is 0 Å². The Balaban J connectivity index is 4.49. The summed E-state index contributed by atoms with van der Waals surface area (Å²) in [6.45, 7) is 3.94. The quantitative estimate of drug-likeness (QED) is 0.0126. The lowest BCUT2D eigenvalue weighted by Gasteiger charge is -2.20. The van der Waals surface area contributed by atoms with Crippen molar-refractivity contribution in [3.05, 3.63) is 48.6 Å². The van der Waals surface area contributed by atoms with Gasteiger partial charge in [0.2, 0.25) is 0 Å². The summed E-state index contributed by atoms with van der Waals surface area (Å²) in [5.74, 6) is -0.287. The highest BCUT2D eigenvalue weighted by Crippen LogP contribution is 2.44. The third-order valence-corrected chi connectivity index (χ3v) is 12.2. The summed E-state index contributed by atoms with van der Waals surface area (Å²) in [4.78, 5) is 52.9. The summed E-state index contributed by atoms with van der Waals surface area (Å²) < 4.78 is 47.9. The average Bonchev–Trinajstić information content (AvgIpc) is 3.26. The maximum Gasteiger partial charge on any atom is 0.472 e. The smallest absolute Gasteiger partial charge is 0.462 e. The maximum atomic E-state index is 12.7. The van der Waals surface area contributed by atoms with Crippen LogP contribution in [0.4, 0.5) is 0 Å². The van der Waals surface area contributed by atoms with Gasteiger partial charge in [0.05, 0.1) is 25.9 Å². The number of carbonyl (C=O) groups is 2. The van der Waals surface area contributed by atoms with Gasteiger partial charge in [-0.2, -0.15) is 0 Å². The number of phosphoric ester groups is 2. The second kappa shape index (κ2) is 44.3. The molecule has 0 aliphatic rings. The zero-order valence-corrected chi connectivity index (χ0v) is 42.9. The molecule has 0 fully saturated rings. The minimum absolute atomic E-state index is 0.0360. The number of rotatable bonds is 47. The number of phosphoric acid groups is 2. The van der Waals surface area contributed by atoms with E-state index in [2.05, 4.69) is 25.3 Å². The van der Waals surface area contributed by atoms with Crippen LogP contribution in [0.3, 0.4) is 0 Å². The fourth-order valence-electron chi connectivity index (χ4n) is 6.87. The van der Waals surface area contributed by atoms with Gasteiger partial charge in [-0.05, 0) is 44.4 Å². The largest absolute Gasteiger partial charge is 0.472 e. The number of aliphatic hydroxyl groups is 2. The van der Waals surface area contributed by atoms with Crippen LogP contribution in [0.2, 0.25) is 0 Å². The molecule has 0 saturated carbocycles. The lowest BCUT2D eigenvalue weighted by atomic mass is 10.0. The van der Waals surface area contributed by atoms with Crippen LogP contribution in [0.5, 0.6) is 0 Å². The second-order valence-corrected chi connectivity index (χ2v) is 20.5. The van der Waals surface area contributed by atoms with Gasteiger partial charge in [0.15, 0.2) is 6.10 Å². The first-order valence-electron chi connectivity index (χ1n) is 25.3. The Morgan fingerprint density at radius 2 is 1.02 bits per heavy atom. The number of carbonyl (C=O) groups excluding carboxylic acids is 2. The van der Waals surface area contributed by atoms with Gasteiger partial charge in [-0.1, -0.05) is 204 Å². The summed E-state index contributed by atoms with van der Waals surface area (Å²) in [6, 6.07) is 0. The van der Waals surface area contributed by atoms with Crippen molar-refractivity contribution in [3.63, 3.8) is 0 Å². The number of allylic oxidation sites excluding steroid dienone is 7. The molecule has 0 bridgehead atoms. The van der Waals surface area contributed by atoms with E-state index in [0.717, 1.165) is 63.7 Å². The van der Waals surface area contributed by atoms with Crippen LogP contribution >= 0.6 is 15.6 Å². The summed E-state index contributed by atoms with van der Waals surface area (Å²) in [7, 11) is -9.72. The van der Waals surface area contributed by atoms with Gasteiger partial charge in [0, 0.05) is 12.8 Å².